The molecule has 2 amide bonds. The number of aryl methyl sites for hydroxylation is 1. The third kappa shape index (κ3) is 3.33. The first-order valence-corrected chi connectivity index (χ1v) is 9.38. The Kier molecular flexibility index (Phi) is 4.94. The molecule has 0 spiro atoms. The number of nitrogens with one attached hydrogen (secondary N) is 1. The quantitative estimate of drug-likeness (QED) is 0.676. The summed E-state index contributed by atoms with van der Waals surface area (Å²) in [7, 11) is 0. The second kappa shape index (κ2) is 7.00. The van der Waals surface area contributed by atoms with Gasteiger partial charge in [0, 0.05) is 4.88 Å². The highest BCUT2D eigenvalue weighted by atomic mass is 32.1. The molecule has 25 heavy (non-hydrogen) atoms. The van der Waals surface area contributed by atoms with Gasteiger partial charge in [-0.3, -0.25) is 14.4 Å². The summed E-state index contributed by atoms with van der Waals surface area (Å²) in [5, 5.41) is 12.8. The number of rotatable bonds is 6. The van der Waals surface area contributed by atoms with E-state index in [-0.39, 0.29) is 17.7 Å². The number of carbonyl (C=O) groups excluding carboxylic acids is 2. The Bertz CT molecular complexity index is 739. The van der Waals surface area contributed by atoms with Gasteiger partial charge >= 0.3 is 5.97 Å². The number of fused-ring (bicyclic) bond motifs is 2. The first kappa shape index (κ1) is 17.7. The van der Waals surface area contributed by atoms with E-state index in [1.807, 2.05) is 19.1 Å². The molecule has 0 radical (unpaired) electrons. The number of carbonyl (C=O) groups is 3. The minimum absolute atomic E-state index is 0.0711. The van der Waals surface area contributed by atoms with Crippen molar-refractivity contribution in [3.05, 3.63) is 28.7 Å². The standard InChI is InChI=1S/C18H22N2O4S/c1-2-3-11-8-12(15(19)21)17(25-11)20-16(22)13-9-4-6-10(7-5-9)14(13)18(23)24/h4,6,8-10,13-14H,2-3,5,7H2,1H3,(H2,19,21)(H,20,22)(H,23,24)/t9-,10-,13-,14-/m0/s1. The maximum Gasteiger partial charge on any atom is 0.307 e. The molecule has 4 N–H and O–H groups in total. The number of anilines is 1. The summed E-state index contributed by atoms with van der Waals surface area (Å²) in [5.74, 6) is -3.36. The van der Waals surface area contributed by atoms with Crippen molar-refractivity contribution in [1.82, 2.24) is 0 Å². The van der Waals surface area contributed by atoms with Gasteiger partial charge in [-0.25, -0.2) is 0 Å². The number of carboxylic acid groups (broad SMARTS) is 1. The fraction of sp³-hybridized carbons (Fsp3) is 0.500. The smallest absolute Gasteiger partial charge is 0.307 e. The van der Waals surface area contributed by atoms with E-state index >= 15 is 0 Å². The molecule has 0 aliphatic heterocycles. The number of hydrogen-bond acceptors (Lipinski definition) is 4. The van der Waals surface area contributed by atoms with E-state index in [4.69, 9.17) is 5.73 Å². The monoisotopic (exact) mass is 362 g/mol. The molecule has 1 fully saturated rings. The summed E-state index contributed by atoms with van der Waals surface area (Å²) >= 11 is 1.34. The molecule has 7 heteroatoms. The van der Waals surface area contributed by atoms with Gasteiger partial charge in [0.05, 0.1) is 17.4 Å². The van der Waals surface area contributed by atoms with E-state index in [0.717, 1.165) is 30.6 Å². The lowest BCUT2D eigenvalue weighted by Gasteiger charge is -2.41. The average Bonchev–Trinajstić information content (AvgIpc) is 2.98. The van der Waals surface area contributed by atoms with Crippen LogP contribution in [0.5, 0.6) is 0 Å². The molecular weight excluding hydrogens is 340 g/mol. The van der Waals surface area contributed by atoms with Gasteiger partial charge in [0.2, 0.25) is 5.91 Å². The molecule has 2 bridgehead atoms. The molecule has 1 aromatic rings. The SMILES string of the molecule is CCCc1cc(C(N)=O)c(NC(=O)[C@@H]2[C@@H](C(=O)O)[C@H]3C=C[C@H]2CC3)s1. The van der Waals surface area contributed by atoms with Crippen LogP contribution in [0.2, 0.25) is 0 Å². The average molecular weight is 362 g/mol. The lowest BCUT2D eigenvalue weighted by atomic mass is 9.62. The molecule has 134 valence electrons. The summed E-state index contributed by atoms with van der Waals surface area (Å²) in [6.07, 6.45) is 7.23. The number of carboxylic acids is 1. The van der Waals surface area contributed by atoms with Crippen LogP contribution in [0.1, 0.15) is 41.4 Å². The van der Waals surface area contributed by atoms with Crippen molar-refractivity contribution in [2.45, 2.75) is 32.6 Å². The third-order valence-corrected chi connectivity index (χ3v) is 6.23. The van der Waals surface area contributed by atoms with Gasteiger partial charge < -0.3 is 16.2 Å². The fourth-order valence-electron chi connectivity index (χ4n) is 3.97. The molecular formula is C18H22N2O4S. The maximum absolute atomic E-state index is 12.9. The van der Waals surface area contributed by atoms with Crippen LogP contribution in [-0.4, -0.2) is 22.9 Å². The molecule has 0 saturated heterocycles. The van der Waals surface area contributed by atoms with Gasteiger partial charge in [-0.1, -0.05) is 25.5 Å². The van der Waals surface area contributed by atoms with Crippen LogP contribution in [0, 0.1) is 23.7 Å². The van der Waals surface area contributed by atoms with Crippen molar-refractivity contribution in [2.75, 3.05) is 5.32 Å². The minimum atomic E-state index is -0.938. The molecule has 1 heterocycles. The van der Waals surface area contributed by atoms with Gasteiger partial charge in [-0.05, 0) is 37.2 Å². The first-order valence-electron chi connectivity index (χ1n) is 8.56. The Morgan fingerprint density at radius 3 is 2.40 bits per heavy atom. The highest BCUT2D eigenvalue weighted by Crippen LogP contribution is 2.45. The van der Waals surface area contributed by atoms with Gasteiger partial charge in [0.15, 0.2) is 0 Å². The molecule has 3 aliphatic carbocycles. The third-order valence-electron chi connectivity index (χ3n) is 5.12. The second-order valence-electron chi connectivity index (χ2n) is 6.74. The normalized spacial score (nSPS) is 27.2. The first-order chi connectivity index (χ1) is 11.9. The van der Waals surface area contributed by atoms with Crippen molar-refractivity contribution in [2.24, 2.45) is 29.4 Å². The van der Waals surface area contributed by atoms with E-state index in [2.05, 4.69) is 5.32 Å². The van der Waals surface area contributed by atoms with Gasteiger partial charge in [-0.15, -0.1) is 11.3 Å². The van der Waals surface area contributed by atoms with Crippen molar-refractivity contribution in [1.29, 1.82) is 0 Å². The number of primary amides is 1. The number of thiophene rings is 1. The Morgan fingerprint density at radius 2 is 1.88 bits per heavy atom. The van der Waals surface area contributed by atoms with E-state index in [1.54, 1.807) is 6.07 Å². The Balaban J connectivity index is 1.85. The van der Waals surface area contributed by atoms with Crippen molar-refractivity contribution >= 4 is 34.1 Å². The van der Waals surface area contributed by atoms with Crippen LogP contribution in [0.4, 0.5) is 5.00 Å². The van der Waals surface area contributed by atoms with E-state index < -0.39 is 23.7 Å². The zero-order valence-corrected chi connectivity index (χ0v) is 14.8. The predicted octanol–water partition coefficient (Wildman–Crippen LogP) is 2.65. The summed E-state index contributed by atoms with van der Waals surface area (Å²) in [4.78, 5) is 37.2. The molecule has 4 atom stereocenters. The summed E-state index contributed by atoms with van der Waals surface area (Å²) in [5.41, 5.74) is 5.72. The highest BCUT2D eigenvalue weighted by molar-refractivity contribution is 7.16. The highest BCUT2D eigenvalue weighted by Gasteiger charge is 2.48. The van der Waals surface area contributed by atoms with Gasteiger partial charge in [0.1, 0.15) is 5.00 Å². The predicted molar refractivity (Wildman–Crippen MR) is 95.4 cm³/mol. The molecule has 1 aromatic heterocycles. The number of hydrogen-bond donors (Lipinski definition) is 3. The number of aliphatic carboxylic acids is 1. The van der Waals surface area contributed by atoms with Gasteiger partial charge in [0.25, 0.3) is 5.91 Å². The topological polar surface area (TPSA) is 109 Å². The Labute approximate surface area is 150 Å². The van der Waals surface area contributed by atoms with Crippen LogP contribution in [0.25, 0.3) is 0 Å². The molecule has 1 saturated carbocycles. The van der Waals surface area contributed by atoms with Crippen LogP contribution in [-0.2, 0) is 16.0 Å². The zero-order valence-electron chi connectivity index (χ0n) is 14.0. The fourth-order valence-corrected chi connectivity index (χ4v) is 5.14. The van der Waals surface area contributed by atoms with Crippen LogP contribution >= 0.6 is 11.3 Å². The molecule has 4 rings (SSSR count). The van der Waals surface area contributed by atoms with E-state index in [9.17, 15) is 19.5 Å². The van der Waals surface area contributed by atoms with E-state index in [1.165, 1.54) is 11.3 Å². The number of amides is 2. The van der Waals surface area contributed by atoms with Crippen LogP contribution in [0.15, 0.2) is 18.2 Å². The minimum Gasteiger partial charge on any atom is -0.481 e. The summed E-state index contributed by atoms with van der Waals surface area (Å²) in [6.45, 7) is 2.03. The number of allylic oxidation sites excluding steroid dienone is 2. The Hall–Kier alpha value is -2.15. The Morgan fingerprint density at radius 1 is 1.24 bits per heavy atom. The molecule has 6 nitrogen and oxygen atoms in total. The lowest BCUT2D eigenvalue weighted by Crippen LogP contribution is -2.47. The molecule has 0 aromatic carbocycles. The van der Waals surface area contributed by atoms with Crippen molar-refractivity contribution < 1.29 is 19.5 Å². The van der Waals surface area contributed by atoms with Crippen molar-refractivity contribution in [3.63, 3.8) is 0 Å². The lowest BCUT2D eigenvalue weighted by molar-refractivity contribution is -0.151. The molecule has 3 aliphatic rings. The van der Waals surface area contributed by atoms with Crippen LogP contribution in [0.3, 0.4) is 0 Å². The maximum atomic E-state index is 12.9. The summed E-state index contributed by atoms with van der Waals surface area (Å²) in [6, 6.07) is 1.72. The van der Waals surface area contributed by atoms with E-state index in [0.29, 0.717) is 10.6 Å². The largest absolute Gasteiger partial charge is 0.481 e. The number of nitrogens with two attached hydrogens (primary N) is 1. The zero-order chi connectivity index (χ0) is 18.1. The second-order valence-corrected chi connectivity index (χ2v) is 7.88. The molecule has 0 unspecified atom stereocenters. The van der Waals surface area contributed by atoms with Crippen molar-refractivity contribution in [3.8, 4) is 0 Å². The summed E-state index contributed by atoms with van der Waals surface area (Å²) < 4.78 is 0. The van der Waals surface area contributed by atoms with Crippen LogP contribution < -0.4 is 11.1 Å². The van der Waals surface area contributed by atoms with Gasteiger partial charge in [-0.2, -0.15) is 0 Å².